The van der Waals surface area contributed by atoms with Crippen molar-refractivity contribution in [3.8, 4) is 23.3 Å². The van der Waals surface area contributed by atoms with Gasteiger partial charge in [-0.1, -0.05) is 42.3 Å². The fourth-order valence-corrected chi connectivity index (χ4v) is 11.0. The lowest BCUT2D eigenvalue weighted by atomic mass is 10.1. The Labute approximate surface area is 394 Å². The molecule has 16 nitrogen and oxygen atoms in total. The van der Waals surface area contributed by atoms with E-state index in [4.69, 9.17) is 58.3 Å². The number of aromatic amines is 2. The molecule has 0 spiro atoms. The molecule has 3 atom stereocenters. The van der Waals surface area contributed by atoms with E-state index < -0.39 is 0 Å². The Morgan fingerprint density at radius 2 is 1.62 bits per heavy atom. The summed E-state index contributed by atoms with van der Waals surface area (Å²) in [6, 6.07) is 16.9. The highest BCUT2D eigenvalue weighted by molar-refractivity contribution is 7.99. The Morgan fingerprint density at radius 3 is 2.39 bits per heavy atom. The molecule has 2 saturated heterocycles. The van der Waals surface area contributed by atoms with Crippen LogP contribution in [0.2, 0.25) is 10.0 Å². The minimum Gasteiger partial charge on any atom is -0.457 e. The highest BCUT2D eigenvalue weighted by Gasteiger charge is 2.56. The third kappa shape index (κ3) is 8.32. The summed E-state index contributed by atoms with van der Waals surface area (Å²) >= 11 is 15.6. The number of nitrogens with two attached hydrogens (primary N) is 1. The van der Waals surface area contributed by atoms with E-state index in [1.807, 2.05) is 32.2 Å². The zero-order chi connectivity index (χ0) is 45.1. The Hall–Kier alpha value is -5.82. The number of hydrogen-bond acceptors (Lipinski definition) is 15. The van der Waals surface area contributed by atoms with E-state index in [1.54, 1.807) is 12.4 Å². The molecule has 0 radical (unpaired) electrons. The van der Waals surface area contributed by atoms with Gasteiger partial charge in [0.25, 0.3) is 0 Å². The van der Waals surface area contributed by atoms with Crippen molar-refractivity contribution in [1.29, 1.82) is 0 Å². The Morgan fingerprint density at radius 1 is 0.848 bits per heavy atom. The first-order valence-electron chi connectivity index (χ1n) is 22.3. The summed E-state index contributed by atoms with van der Waals surface area (Å²) in [6.07, 6.45) is 6.94. The topological polar surface area (TPSA) is 197 Å². The van der Waals surface area contributed by atoms with E-state index >= 15 is 0 Å². The van der Waals surface area contributed by atoms with Gasteiger partial charge >= 0.3 is 6.01 Å². The van der Waals surface area contributed by atoms with Crippen LogP contribution in [0, 0.1) is 18.8 Å². The number of pyridine rings is 1. The first-order valence-corrected chi connectivity index (χ1v) is 23.9. The van der Waals surface area contributed by atoms with Crippen molar-refractivity contribution in [2.75, 3.05) is 49.6 Å². The van der Waals surface area contributed by atoms with Gasteiger partial charge in [-0.2, -0.15) is 9.97 Å². The maximum atomic E-state index is 7.24. The lowest BCUT2D eigenvalue weighted by Gasteiger charge is -2.22. The lowest BCUT2D eigenvalue weighted by Crippen LogP contribution is -2.32. The van der Waals surface area contributed by atoms with Crippen LogP contribution in [-0.2, 0) is 19.4 Å². The van der Waals surface area contributed by atoms with Gasteiger partial charge in [0.1, 0.15) is 40.8 Å². The molecule has 0 bridgehead atoms. The second kappa shape index (κ2) is 17.8. The molecule has 6 aromatic heterocycles. The molecule has 8 heterocycles. The third-order valence-corrected chi connectivity index (χ3v) is 14.4. The van der Waals surface area contributed by atoms with Gasteiger partial charge in [-0.3, -0.25) is 4.98 Å². The number of aromatic nitrogens is 9. The monoisotopic (exact) mass is 942 g/mol. The third-order valence-electron chi connectivity index (χ3n) is 12.7. The van der Waals surface area contributed by atoms with Gasteiger partial charge in [0.05, 0.1) is 38.7 Å². The normalized spacial score (nSPS) is 19.1. The molecule has 2 aliphatic heterocycles. The Bertz CT molecular complexity index is 3100. The highest BCUT2D eigenvalue weighted by Crippen LogP contribution is 2.49. The summed E-state index contributed by atoms with van der Waals surface area (Å²) in [4.78, 5) is 45.1. The predicted molar refractivity (Wildman–Crippen MR) is 259 cm³/mol. The number of H-pyrrole nitrogens is 2. The van der Waals surface area contributed by atoms with Gasteiger partial charge < -0.3 is 45.6 Å². The van der Waals surface area contributed by atoms with Crippen molar-refractivity contribution in [2.45, 2.75) is 61.8 Å². The molecule has 3 fully saturated rings. The van der Waals surface area contributed by atoms with Crippen LogP contribution in [0.15, 0.2) is 77.3 Å². The minimum atomic E-state index is 0.0624. The van der Waals surface area contributed by atoms with Crippen LogP contribution < -0.4 is 35.6 Å². The van der Waals surface area contributed by atoms with Crippen molar-refractivity contribution in [1.82, 2.24) is 55.5 Å². The number of hydrogen-bond donors (Lipinski definition) is 5. The summed E-state index contributed by atoms with van der Waals surface area (Å²) in [6.45, 7) is 8.71. The molecular weight excluding hydrogens is 896 g/mol. The van der Waals surface area contributed by atoms with Gasteiger partial charge in [0, 0.05) is 91.2 Å². The Kier molecular flexibility index (Phi) is 11.5. The first kappa shape index (κ1) is 42.8. The molecule has 1 aliphatic carbocycles. The fourth-order valence-electron chi connectivity index (χ4n) is 9.50. The summed E-state index contributed by atoms with van der Waals surface area (Å²) in [7, 11) is 1.93. The molecule has 1 saturated carbocycles. The summed E-state index contributed by atoms with van der Waals surface area (Å²) in [5, 5.41) is 11.5. The van der Waals surface area contributed by atoms with Gasteiger partial charge in [-0.05, 0) is 86.3 Å². The van der Waals surface area contributed by atoms with Crippen LogP contribution >= 0.6 is 35.0 Å². The average molecular weight is 944 g/mol. The highest BCUT2D eigenvalue weighted by atomic mass is 35.5. The second-order valence-corrected chi connectivity index (χ2v) is 19.0. The van der Waals surface area contributed by atoms with E-state index in [9.17, 15) is 0 Å². The minimum absolute atomic E-state index is 0.0624. The molecule has 19 heteroatoms. The van der Waals surface area contributed by atoms with Crippen LogP contribution in [0.4, 0.5) is 11.6 Å². The molecule has 66 heavy (non-hydrogen) atoms. The van der Waals surface area contributed by atoms with Crippen molar-refractivity contribution in [3.63, 3.8) is 0 Å². The van der Waals surface area contributed by atoms with Gasteiger partial charge in [0.15, 0.2) is 10.9 Å². The second-order valence-electron chi connectivity index (χ2n) is 17.3. The number of nitrogens with one attached hydrogen (secondary N) is 4. The van der Waals surface area contributed by atoms with E-state index in [2.05, 4.69) is 82.6 Å². The van der Waals surface area contributed by atoms with Crippen LogP contribution in [0.25, 0.3) is 33.0 Å². The van der Waals surface area contributed by atoms with Crippen LogP contribution in [0.1, 0.15) is 36.0 Å². The van der Waals surface area contributed by atoms with Crippen molar-refractivity contribution in [2.24, 2.45) is 17.6 Å². The molecule has 11 rings (SSSR count). The predicted octanol–water partition coefficient (Wildman–Crippen LogP) is 8.00. The number of rotatable bonds is 15. The molecule has 6 N–H and O–H groups in total. The maximum Gasteiger partial charge on any atom is 0.326 e. The zero-order valence-electron chi connectivity index (χ0n) is 36.6. The van der Waals surface area contributed by atoms with Crippen molar-refractivity contribution >= 4 is 79.6 Å². The summed E-state index contributed by atoms with van der Waals surface area (Å²) in [5.74, 6) is 4.50. The lowest BCUT2D eigenvalue weighted by molar-refractivity contribution is 0.439. The number of anilines is 2. The van der Waals surface area contributed by atoms with Crippen LogP contribution in [0.5, 0.6) is 23.3 Å². The van der Waals surface area contributed by atoms with Gasteiger partial charge in [0.2, 0.25) is 0 Å². The quantitative estimate of drug-likeness (QED) is 0.0620. The molecule has 3 aliphatic rings. The van der Waals surface area contributed by atoms with Gasteiger partial charge in [-0.25, -0.2) is 19.9 Å². The molecule has 0 amide bonds. The first-order chi connectivity index (χ1) is 32.2. The smallest absolute Gasteiger partial charge is 0.326 e. The van der Waals surface area contributed by atoms with E-state index in [1.165, 1.54) is 18.1 Å². The largest absolute Gasteiger partial charge is 0.457 e. The molecule has 2 unspecified atom stereocenters. The molecule has 2 aromatic carbocycles. The van der Waals surface area contributed by atoms with Crippen LogP contribution in [0.3, 0.4) is 0 Å². The fraction of sp³-hybridized carbons (Fsp3) is 0.340. The maximum absolute atomic E-state index is 7.24. The van der Waals surface area contributed by atoms with Crippen molar-refractivity contribution < 1.29 is 9.47 Å². The van der Waals surface area contributed by atoms with Crippen LogP contribution in [-0.4, -0.2) is 96.7 Å². The summed E-state index contributed by atoms with van der Waals surface area (Å²) in [5.41, 5.74) is 12.5. The average Bonchev–Trinajstić information content (AvgIpc) is 3.79. The standard InChI is InChI=1S/C47H48Cl2N14O2S/c1-4-33-39(48)37-42(56-33)58-46(65-28-18-52-23-53-19-28)60-44(37)63-21-31-32(22-63)41(31)54-12-10-34-40(49)38-43(57-34)59-47(61-45(38)62-13-11-26(50)20-62)66-29-8-9-30-35(16-29)55-24(2)14-36(30)64-27-7-5-6-25(15-27)17-51-3/h5-9,14-16,18-19,23,26,31-32,41,51,54H,4,10-13,17,20-22,50H2,1-3H3,(H,56,58,60)(H,57,59,61)/t26-,31?,32?,41?/m0/s1. The zero-order valence-corrected chi connectivity index (χ0v) is 38.9. The molecule has 8 aromatic rings. The molecular formula is C47H48Cl2N14O2S. The number of fused-ring (bicyclic) bond motifs is 4. The number of aryl methyl sites for hydroxylation is 2. The van der Waals surface area contributed by atoms with Crippen molar-refractivity contribution in [3.05, 3.63) is 99.9 Å². The van der Waals surface area contributed by atoms with E-state index in [-0.39, 0.29) is 12.1 Å². The number of ether oxygens (including phenoxy) is 2. The number of benzene rings is 2. The van der Waals surface area contributed by atoms with Gasteiger partial charge in [-0.15, -0.1) is 0 Å². The summed E-state index contributed by atoms with van der Waals surface area (Å²) < 4.78 is 12.4. The van der Waals surface area contributed by atoms with E-state index in [0.29, 0.717) is 63.1 Å². The SMILES string of the molecule is CCc1[nH]c2nc(Oc3cncnc3)nc(N3CC4C(C3)C4NCCc3[nH]c4nc(Sc5ccc6c(Oc7cccc(CNC)c7)cc(C)nc6c5)nc(N5CC[C@H](N)C5)c4c3Cl)c2c1Cl. The molecule has 338 valence electrons. The number of halogens is 2. The number of nitrogens with zero attached hydrogens (tertiary/aromatic N) is 9. The Balaban J connectivity index is 0.792. The van der Waals surface area contributed by atoms with E-state index in [0.717, 1.165) is 118 Å². The number of piperidine rings is 1.